The summed E-state index contributed by atoms with van der Waals surface area (Å²) >= 11 is 0. The first kappa shape index (κ1) is 17.5. The average Bonchev–Trinajstić information content (AvgIpc) is 2.91. The number of rotatable bonds is 3. The number of nitrogens with zero attached hydrogens (tertiary/aromatic N) is 1. The summed E-state index contributed by atoms with van der Waals surface area (Å²) in [6, 6.07) is -0.140. The van der Waals surface area contributed by atoms with E-state index in [9.17, 15) is 9.59 Å². The standard InChI is InChI=1S/C20H31NO3/c1-12(2)10-14-17(20(14,3)4)18(22)21-15-9-7-6-8-13(15)11-16(21)19(23)24-5/h10,13-17H,6-9,11H2,1-5H3/t13-,14-,15-,16-,17+/m0/s1. The van der Waals surface area contributed by atoms with Crippen molar-refractivity contribution in [2.45, 2.75) is 71.9 Å². The van der Waals surface area contributed by atoms with Crippen LogP contribution in [0.1, 0.15) is 59.8 Å². The van der Waals surface area contributed by atoms with E-state index in [2.05, 4.69) is 33.8 Å². The quantitative estimate of drug-likeness (QED) is 0.586. The number of allylic oxidation sites excluding steroid dienone is 2. The largest absolute Gasteiger partial charge is 0.467 e. The second-order valence-electron chi connectivity index (χ2n) is 8.70. The summed E-state index contributed by atoms with van der Waals surface area (Å²) in [6.07, 6.45) is 7.54. The molecule has 1 saturated heterocycles. The number of esters is 1. The van der Waals surface area contributed by atoms with E-state index < -0.39 is 0 Å². The molecule has 3 rings (SSSR count). The Labute approximate surface area is 145 Å². The predicted molar refractivity (Wildman–Crippen MR) is 93.2 cm³/mol. The number of hydrogen-bond acceptors (Lipinski definition) is 3. The van der Waals surface area contributed by atoms with Crippen LogP contribution in [-0.2, 0) is 14.3 Å². The molecule has 0 aromatic carbocycles. The van der Waals surface area contributed by atoms with Crippen molar-refractivity contribution in [3.63, 3.8) is 0 Å². The van der Waals surface area contributed by atoms with Gasteiger partial charge in [-0.25, -0.2) is 4.79 Å². The number of methoxy groups -OCH3 is 1. The van der Waals surface area contributed by atoms with E-state index in [4.69, 9.17) is 4.74 Å². The maximum Gasteiger partial charge on any atom is 0.328 e. The molecule has 2 aliphatic carbocycles. The first-order valence-corrected chi connectivity index (χ1v) is 9.34. The number of carbonyl (C=O) groups excluding carboxylic acids is 2. The Morgan fingerprint density at radius 3 is 2.46 bits per heavy atom. The molecule has 0 unspecified atom stereocenters. The molecule has 0 radical (unpaired) electrons. The van der Waals surface area contributed by atoms with Crippen LogP contribution < -0.4 is 0 Å². The highest BCUT2D eigenvalue weighted by Gasteiger charge is 2.63. The highest BCUT2D eigenvalue weighted by Crippen LogP contribution is 2.61. The van der Waals surface area contributed by atoms with Gasteiger partial charge < -0.3 is 9.64 Å². The molecule has 3 aliphatic rings. The molecular formula is C20H31NO3. The van der Waals surface area contributed by atoms with Crippen molar-refractivity contribution in [2.75, 3.05) is 7.11 Å². The fourth-order valence-corrected chi connectivity index (χ4v) is 5.10. The van der Waals surface area contributed by atoms with Gasteiger partial charge in [0.05, 0.1) is 13.0 Å². The molecule has 1 amide bonds. The molecule has 4 nitrogen and oxygen atoms in total. The van der Waals surface area contributed by atoms with Crippen molar-refractivity contribution in [3.05, 3.63) is 11.6 Å². The summed E-state index contributed by atoms with van der Waals surface area (Å²) in [5, 5.41) is 0. The van der Waals surface area contributed by atoms with Gasteiger partial charge in [-0.15, -0.1) is 0 Å². The third kappa shape index (κ3) is 2.78. The third-order valence-corrected chi connectivity index (χ3v) is 6.51. The zero-order chi connectivity index (χ0) is 17.6. The second kappa shape index (κ2) is 6.20. The lowest BCUT2D eigenvalue weighted by atomic mass is 9.84. The molecule has 1 heterocycles. The van der Waals surface area contributed by atoms with Crippen LogP contribution in [-0.4, -0.2) is 36.0 Å². The van der Waals surface area contributed by atoms with Crippen LogP contribution in [0.2, 0.25) is 0 Å². The van der Waals surface area contributed by atoms with Gasteiger partial charge >= 0.3 is 5.97 Å². The minimum atomic E-state index is -0.376. The SMILES string of the molecule is COC(=O)[C@@H]1C[C@@H]2CCCC[C@@H]2N1C(=O)[C@H]1[C@H](C=C(C)C)C1(C)C. The van der Waals surface area contributed by atoms with Crippen molar-refractivity contribution in [1.29, 1.82) is 0 Å². The normalized spacial score (nSPS) is 36.7. The van der Waals surface area contributed by atoms with Gasteiger partial charge in [-0.2, -0.15) is 0 Å². The van der Waals surface area contributed by atoms with E-state index in [-0.39, 0.29) is 41.2 Å². The minimum Gasteiger partial charge on any atom is -0.467 e. The Morgan fingerprint density at radius 2 is 1.83 bits per heavy atom. The molecule has 0 aromatic heterocycles. The van der Waals surface area contributed by atoms with Crippen molar-refractivity contribution >= 4 is 11.9 Å². The van der Waals surface area contributed by atoms with Crippen LogP contribution in [0.3, 0.4) is 0 Å². The Balaban J connectivity index is 1.86. The number of fused-ring (bicyclic) bond motifs is 1. The lowest BCUT2D eigenvalue weighted by Crippen LogP contribution is -2.47. The minimum absolute atomic E-state index is 0.000215. The third-order valence-electron chi connectivity index (χ3n) is 6.51. The summed E-state index contributed by atoms with van der Waals surface area (Å²) < 4.78 is 5.02. The fourth-order valence-electron chi connectivity index (χ4n) is 5.10. The molecule has 4 heteroatoms. The predicted octanol–water partition coefficient (Wildman–Crippen LogP) is 3.56. The van der Waals surface area contributed by atoms with Crippen LogP contribution in [0.5, 0.6) is 0 Å². The molecule has 24 heavy (non-hydrogen) atoms. The zero-order valence-corrected chi connectivity index (χ0v) is 15.7. The smallest absolute Gasteiger partial charge is 0.328 e. The Hall–Kier alpha value is -1.32. The van der Waals surface area contributed by atoms with E-state index in [1.54, 1.807) is 0 Å². The molecule has 0 bridgehead atoms. The number of amides is 1. The zero-order valence-electron chi connectivity index (χ0n) is 15.7. The lowest BCUT2D eigenvalue weighted by Gasteiger charge is -2.33. The number of likely N-dealkylation sites (tertiary alicyclic amines) is 1. The monoisotopic (exact) mass is 333 g/mol. The maximum absolute atomic E-state index is 13.4. The molecule has 1 aliphatic heterocycles. The number of ether oxygens (including phenoxy) is 1. The molecule has 0 spiro atoms. The van der Waals surface area contributed by atoms with Crippen LogP contribution in [0.15, 0.2) is 11.6 Å². The molecule has 134 valence electrons. The van der Waals surface area contributed by atoms with Crippen molar-refractivity contribution in [1.82, 2.24) is 4.90 Å². The van der Waals surface area contributed by atoms with E-state index in [0.29, 0.717) is 5.92 Å². The van der Waals surface area contributed by atoms with Gasteiger partial charge in [0.25, 0.3) is 0 Å². The molecule has 0 aromatic rings. The summed E-state index contributed by atoms with van der Waals surface area (Å²) in [4.78, 5) is 27.6. The van der Waals surface area contributed by atoms with Crippen LogP contribution in [0, 0.1) is 23.2 Å². The van der Waals surface area contributed by atoms with Gasteiger partial charge in [0.1, 0.15) is 6.04 Å². The van der Waals surface area contributed by atoms with E-state index in [1.807, 2.05) is 4.90 Å². The van der Waals surface area contributed by atoms with Gasteiger partial charge in [0.15, 0.2) is 0 Å². The molecule has 5 atom stereocenters. The Kier molecular flexibility index (Phi) is 4.52. The lowest BCUT2D eigenvalue weighted by molar-refractivity contribution is -0.153. The Morgan fingerprint density at radius 1 is 1.17 bits per heavy atom. The van der Waals surface area contributed by atoms with Gasteiger partial charge in [0, 0.05) is 6.04 Å². The second-order valence-corrected chi connectivity index (χ2v) is 8.70. The van der Waals surface area contributed by atoms with Crippen molar-refractivity contribution < 1.29 is 14.3 Å². The van der Waals surface area contributed by atoms with Crippen LogP contribution >= 0.6 is 0 Å². The summed E-state index contributed by atoms with van der Waals surface area (Å²) in [7, 11) is 1.43. The number of carbonyl (C=O) groups is 2. The van der Waals surface area contributed by atoms with Gasteiger partial charge in [-0.05, 0) is 50.4 Å². The molecule has 2 saturated carbocycles. The highest BCUT2D eigenvalue weighted by atomic mass is 16.5. The van der Waals surface area contributed by atoms with Crippen molar-refractivity contribution in [2.24, 2.45) is 23.2 Å². The van der Waals surface area contributed by atoms with Crippen LogP contribution in [0.4, 0.5) is 0 Å². The first-order chi connectivity index (χ1) is 11.3. The van der Waals surface area contributed by atoms with Crippen molar-refractivity contribution in [3.8, 4) is 0 Å². The maximum atomic E-state index is 13.4. The Bertz CT molecular complexity index is 561. The molecular weight excluding hydrogens is 302 g/mol. The van der Waals surface area contributed by atoms with E-state index >= 15 is 0 Å². The topological polar surface area (TPSA) is 46.6 Å². The van der Waals surface area contributed by atoms with Gasteiger partial charge in [0.2, 0.25) is 5.91 Å². The summed E-state index contributed by atoms with van der Waals surface area (Å²) in [5.41, 5.74) is 1.24. The van der Waals surface area contributed by atoms with Gasteiger partial charge in [-0.3, -0.25) is 4.79 Å². The average molecular weight is 333 g/mol. The molecule has 3 fully saturated rings. The van der Waals surface area contributed by atoms with E-state index in [0.717, 1.165) is 25.7 Å². The van der Waals surface area contributed by atoms with E-state index in [1.165, 1.54) is 19.1 Å². The first-order valence-electron chi connectivity index (χ1n) is 9.34. The summed E-state index contributed by atoms with van der Waals surface area (Å²) in [6.45, 7) is 8.50. The van der Waals surface area contributed by atoms with Crippen LogP contribution in [0.25, 0.3) is 0 Å². The summed E-state index contributed by atoms with van der Waals surface area (Å²) in [5.74, 6) is 0.689. The highest BCUT2D eigenvalue weighted by molar-refractivity contribution is 5.89. The number of hydrogen-bond donors (Lipinski definition) is 0. The fraction of sp³-hybridized carbons (Fsp3) is 0.800. The van der Waals surface area contributed by atoms with Gasteiger partial charge in [-0.1, -0.05) is 38.3 Å². The molecule has 0 N–H and O–H groups in total.